The molecule has 7 heteroatoms. The molecule has 0 saturated carbocycles. The fraction of sp³-hybridized carbons (Fsp3) is 0.300. The molecule has 0 unspecified atom stereocenters. The van der Waals surface area contributed by atoms with Gasteiger partial charge < -0.3 is 10.1 Å². The molecular weight excluding hydrogens is 242 g/mol. The van der Waals surface area contributed by atoms with Crippen LogP contribution in [0.15, 0.2) is 18.6 Å². The zero-order valence-corrected chi connectivity index (χ0v) is 10.3. The van der Waals surface area contributed by atoms with Crippen molar-refractivity contribution in [3.8, 4) is 11.9 Å². The highest BCUT2D eigenvalue weighted by molar-refractivity contribution is 6.31. The highest BCUT2D eigenvalue weighted by atomic mass is 35.5. The van der Waals surface area contributed by atoms with Gasteiger partial charge in [-0.25, -0.2) is 4.98 Å². The summed E-state index contributed by atoms with van der Waals surface area (Å²) < 4.78 is 6.90. The molecule has 0 aliphatic heterocycles. The van der Waals surface area contributed by atoms with Crippen molar-refractivity contribution in [1.29, 1.82) is 0 Å². The second-order valence-electron chi connectivity index (χ2n) is 3.46. The van der Waals surface area contributed by atoms with Crippen LogP contribution >= 0.6 is 11.6 Å². The van der Waals surface area contributed by atoms with E-state index in [1.807, 2.05) is 7.05 Å². The summed E-state index contributed by atoms with van der Waals surface area (Å²) in [6, 6.07) is 2.02. The summed E-state index contributed by atoms with van der Waals surface area (Å²) in [5, 5.41) is 7.43. The molecule has 0 aromatic carbocycles. The Bertz CT molecular complexity index is 513. The molecular formula is C10H12ClN5O. The predicted molar refractivity (Wildman–Crippen MR) is 63.1 cm³/mol. The second kappa shape index (κ2) is 5.11. The lowest BCUT2D eigenvalue weighted by Crippen LogP contribution is -2.05. The first-order valence-corrected chi connectivity index (χ1v) is 5.39. The first kappa shape index (κ1) is 11.8. The van der Waals surface area contributed by atoms with Crippen LogP contribution in [0.3, 0.4) is 0 Å². The van der Waals surface area contributed by atoms with Gasteiger partial charge in [-0.15, -0.1) is 5.10 Å². The standard InChI is InChI=1S/C10H12ClN5O/c1-12-4-7-3-8(11)9(13-5-7)17-10-14-6-16(2)15-10/h3,5-6,12H,4H2,1-2H3. The van der Waals surface area contributed by atoms with Crippen molar-refractivity contribution < 1.29 is 4.74 Å². The molecule has 0 amide bonds. The summed E-state index contributed by atoms with van der Waals surface area (Å²) in [5.41, 5.74) is 0.985. The maximum atomic E-state index is 6.04. The van der Waals surface area contributed by atoms with Gasteiger partial charge in [0, 0.05) is 19.8 Å². The van der Waals surface area contributed by atoms with Gasteiger partial charge in [0.05, 0.1) is 0 Å². The maximum Gasteiger partial charge on any atom is 0.342 e. The first-order valence-electron chi connectivity index (χ1n) is 5.01. The average molecular weight is 254 g/mol. The van der Waals surface area contributed by atoms with Gasteiger partial charge >= 0.3 is 6.01 Å². The van der Waals surface area contributed by atoms with Crippen LogP contribution < -0.4 is 10.1 Å². The molecule has 0 spiro atoms. The zero-order valence-electron chi connectivity index (χ0n) is 9.51. The number of ether oxygens (including phenoxy) is 1. The van der Waals surface area contributed by atoms with Crippen LogP contribution in [-0.4, -0.2) is 26.8 Å². The third kappa shape index (κ3) is 2.92. The number of nitrogens with zero attached hydrogens (tertiary/aromatic N) is 4. The number of aromatic nitrogens is 4. The lowest BCUT2D eigenvalue weighted by atomic mass is 10.3. The molecule has 0 radical (unpaired) electrons. The van der Waals surface area contributed by atoms with Gasteiger partial charge in [0.15, 0.2) is 0 Å². The Morgan fingerprint density at radius 2 is 2.29 bits per heavy atom. The van der Waals surface area contributed by atoms with Crippen LogP contribution in [0.2, 0.25) is 5.02 Å². The summed E-state index contributed by atoms with van der Waals surface area (Å²) in [5.74, 6) is 0.303. The molecule has 6 nitrogen and oxygen atoms in total. The summed E-state index contributed by atoms with van der Waals surface area (Å²) in [7, 11) is 3.61. The van der Waals surface area contributed by atoms with Crippen LogP contribution in [0.5, 0.6) is 11.9 Å². The molecule has 2 aromatic rings. The van der Waals surface area contributed by atoms with Crippen molar-refractivity contribution in [1.82, 2.24) is 25.1 Å². The van der Waals surface area contributed by atoms with Gasteiger partial charge in [-0.2, -0.15) is 4.98 Å². The number of rotatable bonds is 4. The van der Waals surface area contributed by atoms with Gasteiger partial charge in [0.2, 0.25) is 5.88 Å². The van der Waals surface area contributed by atoms with Crippen LogP contribution in [-0.2, 0) is 13.6 Å². The van der Waals surface area contributed by atoms with Crippen LogP contribution in [0.25, 0.3) is 0 Å². The third-order valence-corrected chi connectivity index (χ3v) is 2.28. The topological polar surface area (TPSA) is 64.9 Å². The molecule has 2 rings (SSSR count). The van der Waals surface area contributed by atoms with Crippen LogP contribution in [0.4, 0.5) is 0 Å². The Hall–Kier alpha value is -1.66. The van der Waals surface area contributed by atoms with E-state index in [1.54, 1.807) is 30.3 Å². The largest absolute Gasteiger partial charge is 0.403 e. The van der Waals surface area contributed by atoms with E-state index in [2.05, 4.69) is 20.4 Å². The van der Waals surface area contributed by atoms with Crippen molar-refractivity contribution >= 4 is 11.6 Å². The molecule has 0 aliphatic carbocycles. The van der Waals surface area contributed by atoms with E-state index in [4.69, 9.17) is 16.3 Å². The third-order valence-electron chi connectivity index (χ3n) is 2.01. The highest BCUT2D eigenvalue weighted by Gasteiger charge is 2.08. The normalized spacial score (nSPS) is 10.5. The predicted octanol–water partition coefficient (Wildman–Crippen LogP) is 1.38. The number of hydrogen-bond donors (Lipinski definition) is 1. The molecule has 0 fully saturated rings. The zero-order chi connectivity index (χ0) is 12.3. The number of aryl methyl sites for hydroxylation is 1. The van der Waals surface area contributed by atoms with Gasteiger partial charge in [-0.05, 0) is 18.7 Å². The van der Waals surface area contributed by atoms with Crippen molar-refractivity contribution in [2.75, 3.05) is 7.05 Å². The fourth-order valence-electron chi connectivity index (χ4n) is 1.29. The van der Waals surface area contributed by atoms with Crippen LogP contribution in [0.1, 0.15) is 5.56 Å². The monoisotopic (exact) mass is 253 g/mol. The van der Waals surface area contributed by atoms with Gasteiger partial charge in [0.1, 0.15) is 11.3 Å². The number of halogens is 1. The molecule has 17 heavy (non-hydrogen) atoms. The minimum Gasteiger partial charge on any atom is -0.403 e. The van der Waals surface area contributed by atoms with E-state index in [0.29, 0.717) is 17.4 Å². The van der Waals surface area contributed by atoms with Crippen molar-refractivity contribution in [2.45, 2.75) is 6.54 Å². The molecule has 2 aromatic heterocycles. The SMILES string of the molecule is CNCc1cnc(Oc2ncn(C)n2)c(Cl)c1. The summed E-state index contributed by atoms with van der Waals surface area (Å²) in [6.45, 7) is 0.703. The highest BCUT2D eigenvalue weighted by Crippen LogP contribution is 2.25. The Morgan fingerprint density at radius 3 is 2.88 bits per heavy atom. The van der Waals surface area contributed by atoms with E-state index in [1.165, 1.54) is 0 Å². The number of hydrogen-bond acceptors (Lipinski definition) is 5. The molecule has 0 atom stereocenters. The van der Waals surface area contributed by atoms with E-state index in [0.717, 1.165) is 5.56 Å². The van der Waals surface area contributed by atoms with E-state index >= 15 is 0 Å². The fourth-order valence-corrected chi connectivity index (χ4v) is 1.52. The second-order valence-corrected chi connectivity index (χ2v) is 3.87. The van der Waals surface area contributed by atoms with E-state index < -0.39 is 0 Å². The van der Waals surface area contributed by atoms with Gasteiger partial charge in [-0.1, -0.05) is 11.6 Å². The summed E-state index contributed by atoms with van der Waals surface area (Å²) in [4.78, 5) is 8.05. The summed E-state index contributed by atoms with van der Waals surface area (Å²) >= 11 is 6.04. The van der Waals surface area contributed by atoms with E-state index in [9.17, 15) is 0 Å². The van der Waals surface area contributed by atoms with Crippen LogP contribution in [0, 0.1) is 0 Å². The minimum absolute atomic E-state index is 0.225. The Balaban J connectivity index is 2.16. The average Bonchev–Trinajstić information content (AvgIpc) is 2.69. The minimum atomic E-state index is 0.225. The van der Waals surface area contributed by atoms with Crippen molar-refractivity contribution in [2.24, 2.45) is 7.05 Å². The molecule has 0 aliphatic rings. The molecule has 0 saturated heterocycles. The Kier molecular flexibility index (Phi) is 3.55. The van der Waals surface area contributed by atoms with Gasteiger partial charge in [0.25, 0.3) is 0 Å². The summed E-state index contributed by atoms with van der Waals surface area (Å²) in [6.07, 6.45) is 3.24. The molecule has 90 valence electrons. The smallest absolute Gasteiger partial charge is 0.342 e. The Morgan fingerprint density at radius 1 is 1.47 bits per heavy atom. The number of nitrogens with one attached hydrogen (secondary N) is 1. The molecule has 1 N–H and O–H groups in total. The first-order chi connectivity index (χ1) is 8.19. The lowest BCUT2D eigenvalue weighted by molar-refractivity contribution is 0.422. The van der Waals surface area contributed by atoms with E-state index in [-0.39, 0.29) is 6.01 Å². The molecule has 2 heterocycles. The van der Waals surface area contributed by atoms with Gasteiger partial charge in [-0.3, -0.25) is 4.68 Å². The maximum absolute atomic E-state index is 6.04. The van der Waals surface area contributed by atoms with Crippen molar-refractivity contribution in [3.63, 3.8) is 0 Å². The lowest BCUT2D eigenvalue weighted by Gasteiger charge is -2.04. The number of pyridine rings is 1. The molecule has 0 bridgehead atoms. The van der Waals surface area contributed by atoms with Crippen molar-refractivity contribution in [3.05, 3.63) is 29.2 Å². The quantitative estimate of drug-likeness (QED) is 0.892. The Labute approximate surface area is 104 Å².